The van der Waals surface area contributed by atoms with Crippen molar-refractivity contribution in [2.24, 2.45) is 0 Å². The third-order valence-corrected chi connectivity index (χ3v) is 2.65. The van der Waals surface area contributed by atoms with Crippen LogP contribution in [0.25, 0.3) is 0 Å². The molecule has 15 heavy (non-hydrogen) atoms. The Morgan fingerprint density at radius 3 is 2.87 bits per heavy atom. The SMILES string of the molecule is CNC(C)C(=O)N1CC(C)OC(CO)C1. The number of likely N-dealkylation sites (N-methyl/N-ethyl adjacent to an activating group) is 1. The van der Waals surface area contributed by atoms with E-state index in [1.54, 1.807) is 11.9 Å². The van der Waals surface area contributed by atoms with Crippen molar-refractivity contribution >= 4 is 5.91 Å². The molecule has 1 rings (SSSR count). The quantitative estimate of drug-likeness (QED) is 0.648. The summed E-state index contributed by atoms with van der Waals surface area (Å²) >= 11 is 0. The highest BCUT2D eigenvalue weighted by atomic mass is 16.5. The van der Waals surface area contributed by atoms with E-state index >= 15 is 0 Å². The summed E-state index contributed by atoms with van der Waals surface area (Å²) in [5, 5.41) is 11.9. The number of ether oxygens (including phenoxy) is 1. The van der Waals surface area contributed by atoms with Crippen molar-refractivity contribution in [3.63, 3.8) is 0 Å². The van der Waals surface area contributed by atoms with Crippen LogP contribution in [0.1, 0.15) is 13.8 Å². The molecule has 1 fully saturated rings. The number of nitrogens with zero attached hydrogens (tertiary/aromatic N) is 1. The number of rotatable bonds is 3. The Morgan fingerprint density at radius 1 is 1.67 bits per heavy atom. The van der Waals surface area contributed by atoms with Crippen LogP contribution in [-0.2, 0) is 9.53 Å². The summed E-state index contributed by atoms with van der Waals surface area (Å²) in [5.41, 5.74) is 0. The number of amides is 1. The van der Waals surface area contributed by atoms with Gasteiger partial charge in [-0.25, -0.2) is 0 Å². The smallest absolute Gasteiger partial charge is 0.239 e. The van der Waals surface area contributed by atoms with Gasteiger partial charge in [0.25, 0.3) is 0 Å². The zero-order valence-electron chi connectivity index (χ0n) is 9.56. The summed E-state index contributed by atoms with van der Waals surface area (Å²) in [7, 11) is 1.76. The number of hydrogen-bond donors (Lipinski definition) is 2. The Bertz CT molecular complexity index is 223. The maximum absolute atomic E-state index is 11.9. The van der Waals surface area contributed by atoms with E-state index in [4.69, 9.17) is 9.84 Å². The monoisotopic (exact) mass is 216 g/mol. The molecule has 3 atom stereocenters. The molecule has 2 N–H and O–H groups in total. The van der Waals surface area contributed by atoms with E-state index < -0.39 is 0 Å². The van der Waals surface area contributed by atoms with Crippen molar-refractivity contribution in [3.05, 3.63) is 0 Å². The van der Waals surface area contributed by atoms with Gasteiger partial charge in [0.2, 0.25) is 5.91 Å². The lowest BCUT2D eigenvalue weighted by Crippen LogP contribution is -2.54. The van der Waals surface area contributed by atoms with Crippen molar-refractivity contribution in [3.8, 4) is 0 Å². The summed E-state index contributed by atoms with van der Waals surface area (Å²) in [5.74, 6) is 0.0612. The minimum Gasteiger partial charge on any atom is -0.394 e. The van der Waals surface area contributed by atoms with Gasteiger partial charge in [-0.3, -0.25) is 4.79 Å². The first-order valence-corrected chi connectivity index (χ1v) is 5.30. The van der Waals surface area contributed by atoms with E-state index in [2.05, 4.69) is 5.32 Å². The van der Waals surface area contributed by atoms with Gasteiger partial charge in [-0.05, 0) is 20.9 Å². The molecule has 0 aromatic rings. The molecule has 0 aromatic heterocycles. The van der Waals surface area contributed by atoms with E-state index in [0.29, 0.717) is 13.1 Å². The maximum atomic E-state index is 11.9. The second kappa shape index (κ2) is 5.44. The third-order valence-electron chi connectivity index (χ3n) is 2.65. The van der Waals surface area contributed by atoms with Crippen molar-refractivity contribution in [2.45, 2.75) is 32.1 Å². The second-order valence-corrected chi connectivity index (χ2v) is 4.00. The van der Waals surface area contributed by atoms with Crippen LogP contribution in [0.2, 0.25) is 0 Å². The third kappa shape index (κ3) is 3.15. The van der Waals surface area contributed by atoms with E-state index in [1.807, 2.05) is 13.8 Å². The van der Waals surface area contributed by atoms with Crippen LogP contribution >= 0.6 is 0 Å². The van der Waals surface area contributed by atoms with Crippen molar-refractivity contribution in [1.82, 2.24) is 10.2 Å². The number of carbonyl (C=O) groups excluding carboxylic acids is 1. The second-order valence-electron chi connectivity index (χ2n) is 4.00. The molecule has 1 aliphatic heterocycles. The van der Waals surface area contributed by atoms with E-state index in [-0.39, 0.29) is 30.8 Å². The van der Waals surface area contributed by atoms with Gasteiger partial charge in [-0.15, -0.1) is 0 Å². The lowest BCUT2D eigenvalue weighted by Gasteiger charge is -2.37. The fraction of sp³-hybridized carbons (Fsp3) is 0.900. The maximum Gasteiger partial charge on any atom is 0.239 e. The first-order valence-electron chi connectivity index (χ1n) is 5.30. The number of nitrogens with one attached hydrogen (secondary N) is 1. The normalized spacial score (nSPS) is 28.9. The standard InChI is InChI=1S/C10H20N2O3/c1-7-4-12(5-9(6-13)15-7)10(14)8(2)11-3/h7-9,11,13H,4-6H2,1-3H3. The molecule has 0 radical (unpaired) electrons. The zero-order chi connectivity index (χ0) is 11.4. The average molecular weight is 216 g/mol. The summed E-state index contributed by atoms with van der Waals surface area (Å²) in [6, 6.07) is -0.186. The van der Waals surface area contributed by atoms with Crippen LogP contribution < -0.4 is 5.32 Å². The highest BCUT2D eigenvalue weighted by Gasteiger charge is 2.29. The van der Waals surface area contributed by atoms with Crippen LogP contribution in [0.5, 0.6) is 0 Å². The molecule has 0 aromatic carbocycles. The van der Waals surface area contributed by atoms with Gasteiger partial charge in [-0.2, -0.15) is 0 Å². The Kier molecular flexibility index (Phi) is 4.50. The van der Waals surface area contributed by atoms with Gasteiger partial charge in [0.05, 0.1) is 24.9 Å². The molecule has 0 bridgehead atoms. The molecular weight excluding hydrogens is 196 g/mol. The predicted molar refractivity (Wildman–Crippen MR) is 56.5 cm³/mol. The molecule has 1 heterocycles. The number of hydrogen-bond acceptors (Lipinski definition) is 4. The first kappa shape index (κ1) is 12.4. The van der Waals surface area contributed by atoms with Gasteiger partial charge < -0.3 is 20.1 Å². The largest absolute Gasteiger partial charge is 0.394 e. The van der Waals surface area contributed by atoms with Gasteiger partial charge in [0.15, 0.2) is 0 Å². The minimum atomic E-state index is -0.248. The summed E-state index contributed by atoms with van der Waals surface area (Å²) < 4.78 is 5.46. The van der Waals surface area contributed by atoms with Crippen LogP contribution in [-0.4, -0.2) is 60.9 Å². The molecule has 3 unspecified atom stereocenters. The van der Waals surface area contributed by atoms with Gasteiger partial charge in [0.1, 0.15) is 0 Å². The number of morpholine rings is 1. The molecule has 0 saturated carbocycles. The van der Waals surface area contributed by atoms with Crippen LogP contribution in [0.4, 0.5) is 0 Å². The van der Waals surface area contributed by atoms with Crippen LogP contribution in [0.3, 0.4) is 0 Å². The Labute approximate surface area is 90.4 Å². The van der Waals surface area contributed by atoms with Gasteiger partial charge in [0, 0.05) is 13.1 Å². The van der Waals surface area contributed by atoms with Crippen molar-refractivity contribution in [1.29, 1.82) is 0 Å². The van der Waals surface area contributed by atoms with E-state index in [9.17, 15) is 4.79 Å². The van der Waals surface area contributed by atoms with Crippen LogP contribution in [0, 0.1) is 0 Å². The van der Waals surface area contributed by atoms with E-state index in [1.165, 1.54) is 0 Å². The predicted octanol–water partition coefficient (Wildman–Crippen LogP) is -0.797. The highest BCUT2D eigenvalue weighted by Crippen LogP contribution is 2.11. The topological polar surface area (TPSA) is 61.8 Å². The summed E-state index contributed by atoms with van der Waals surface area (Å²) in [6.07, 6.45) is -0.259. The molecule has 0 aliphatic carbocycles. The fourth-order valence-corrected chi connectivity index (χ4v) is 1.72. The molecule has 5 nitrogen and oxygen atoms in total. The molecule has 1 saturated heterocycles. The fourth-order valence-electron chi connectivity index (χ4n) is 1.72. The number of aliphatic hydroxyl groups is 1. The van der Waals surface area contributed by atoms with E-state index in [0.717, 1.165) is 0 Å². The van der Waals surface area contributed by atoms with Gasteiger partial charge in [-0.1, -0.05) is 0 Å². The molecule has 88 valence electrons. The minimum absolute atomic E-state index is 0.0103. The summed E-state index contributed by atoms with van der Waals surface area (Å²) in [6.45, 7) is 4.78. The average Bonchev–Trinajstić information content (AvgIpc) is 2.26. The zero-order valence-corrected chi connectivity index (χ0v) is 9.56. The Balaban J connectivity index is 2.57. The van der Waals surface area contributed by atoms with Crippen LogP contribution in [0.15, 0.2) is 0 Å². The molecule has 0 spiro atoms. The van der Waals surface area contributed by atoms with Crippen molar-refractivity contribution < 1.29 is 14.6 Å². The number of aliphatic hydroxyl groups excluding tert-OH is 1. The van der Waals surface area contributed by atoms with Crippen molar-refractivity contribution in [2.75, 3.05) is 26.7 Å². The molecule has 1 amide bonds. The highest BCUT2D eigenvalue weighted by molar-refractivity contribution is 5.81. The first-order chi connectivity index (χ1) is 7.08. The number of carbonyl (C=O) groups is 1. The molecular formula is C10H20N2O3. The summed E-state index contributed by atoms with van der Waals surface area (Å²) in [4.78, 5) is 13.6. The lowest BCUT2D eigenvalue weighted by molar-refractivity contribution is -0.148. The Morgan fingerprint density at radius 2 is 2.33 bits per heavy atom. The Hall–Kier alpha value is -0.650. The molecule has 5 heteroatoms. The lowest BCUT2D eigenvalue weighted by atomic mass is 10.2. The molecule has 1 aliphatic rings. The van der Waals surface area contributed by atoms with Gasteiger partial charge >= 0.3 is 0 Å².